The number of nitrogens with zero attached hydrogens (tertiary/aromatic N) is 4. The Morgan fingerprint density at radius 2 is 2.06 bits per heavy atom. The Balaban J connectivity index is 1.95. The van der Waals surface area contributed by atoms with Crippen LogP contribution in [0, 0.1) is 0 Å². The average Bonchev–Trinajstić information content (AvgIpc) is 2.94. The second kappa shape index (κ2) is 3.82. The van der Waals surface area contributed by atoms with E-state index in [0.29, 0.717) is 5.69 Å². The second-order valence-electron chi connectivity index (χ2n) is 4.11. The number of halogens is 3. The quantitative estimate of drug-likeness (QED) is 0.787. The molecule has 0 saturated heterocycles. The van der Waals surface area contributed by atoms with Crippen molar-refractivity contribution in [1.29, 1.82) is 0 Å². The summed E-state index contributed by atoms with van der Waals surface area (Å²) < 4.78 is 43.3. The molecule has 0 aliphatic carbocycles. The molecule has 5 nitrogen and oxygen atoms in total. The van der Waals surface area contributed by atoms with Gasteiger partial charge in [0.25, 0.3) is 5.89 Å². The first-order valence-electron chi connectivity index (χ1n) is 5.52. The van der Waals surface area contributed by atoms with Gasteiger partial charge < -0.3 is 4.42 Å². The highest BCUT2D eigenvalue weighted by Gasteiger charge is 2.38. The van der Waals surface area contributed by atoms with E-state index >= 15 is 0 Å². The second-order valence-corrected chi connectivity index (χ2v) is 4.11. The summed E-state index contributed by atoms with van der Waals surface area (Å²) in [5.41, 5.74) is 1.29. The van der Waals surface area contributed by atoms with Gasteiger partial charge in [-0.2, -0.15) is 18.3 Å². The normalized spacial score (nSPS) is 15.7. The summed E-state index contributed by atoms with van der Waals surface area (Å²) >= 11 is 0. The van der Waals surface area contributed by atoms with Crippen LogP contribution in [-0.4, -0.2) is 20.0 Å². The van der Waals surface area contributed by atoms with Crippen LogP contribution in [0.2, 0.25) is 0 Å². The Hall–Kier alpha value is -1.86. The molecule has 0 saturated carbocycles. The highest BCUT2D eigenvalue weighted by Crippen LogP contribution is 2.30. The Bertz CT molecular complexity index is 548. The van der Waals surface area contributed by atoms with Crippen LogP contribution in [0.15, 0.2) is 10.5 Å². The van der Waals surface area contributed by atoms with E-state index in [2.05, 4.69) is 19.7 Å². The standard InChI is InChI=1S/C10H9F3N4O/c11-10(12,13)9-15-14-8(18-9)7-5-6-3-1-2-4-17(6)16-7/h5H,1-4H2. The predicted octanol–water partition coefficient (Wildman–Crippen LogP) is 2.29. The molecule has 0 atom stereocenters. The van der Waals surface area contributed by atoms with Crippen LogP contribution in [0.1, 0.15) is 24.4 Å². The average molecular weight is 258 g/mol. The lowest BCUT2D eigenvalue weighted by Gasteiger charge is -2.11. The van der Waals surface area contributed by atoms with Crippen molar-refractivity contribution in [2.24, 2.45) is 0 Å². The number of aromatic nitrogens is 4. The molecule has 8 heteroatoms. The SMILES string of the molecule is FC(F)(F)c1nnc(-c2cc3n(n2)CCCC3)o1. The lowest BCUT2D eigenvalue weighted by atomic mass is 10.1. The molecule has 0 N–H and O–H groups in total. The summed E-state index contributed by atoms with van der Waals surface area (Å²) in [6, 6.07) is 1.70. The summed E-state index contributed by atoms with van der Waals surface area (Å²) in [6.07, 6.45) is -1.67. The molecule has 0 unspecified atom stereocenters. The zero-order valence-electron chi connectivity index (χ0n) is 9.24. The Morgan fingerprint density at radius 1 is 1.22 bits per heavy atom. The maximum Gasteiger partial charge on any atom is 0.470 e. The van der Waals surface area contributed by atoms with Gasteiger partial charge in [-0.25, -0.2) is 0 Å². The molecule has 2 aromatic rings. The highest BCUT2D eigenvalue weighted by molar-refractivity contribution is 5.46. The van der Waals surface area contributed by atoms with Crippen molar-refractivity contribution >= 4 is 0 Å². The van der Waals surface area contributed by atoms with Gasteiger partial charge >= 0.3 is 12.1 Å². The molecule has 0 amide bonds. The molecule has 3 rings (SSSR count). The van der Waals surface area contributed by atoms with Gasteiger partial charge in [0.1, 0.15) is 5.69 Å². The molecule has 0 bridgehead atoms. The summed E-state index contributed by atoms with van der Waals surface area (Å²) in [7, 11) is 0. The number of hydrogen-bond acceptors (Lipinski definition) is 4. The van der Waals surface area contributed by atoms with E-state index in [0.717, 1.165) is 31.5 Å². The molecule has 0 radical (unpaired) electrons. The number of aryl methyl sites for hydroxylation is 2. The minimum atomic E-state index is -4.62. The van der Waals surface area contributed by atoms with Gasteiger partial charge in [-0.3, -0.25) is 4.68 Å². The monoisotopic (exact) mass is 258 g/mol. The fourth-order valence-corrected chi connectivity index (χ4v) is 1.96. The number of hydrogen-bond donors (Lipinski definition) is 0. The maximum absolute atomic E-state index is 12.3. The molecule has 0 aromatic carbocycles. The highest BCUT2D eigenvalue weighted by atomic mass is 19.4. The molecular formula is C10H9F3N4O. The van der Waals surface area contributed by atoms with Crippen molar-refractivity contribution in [2.75, 3.05) is 0 Å². The van der Waals surface area contributed by atoms with Crippen LogP contribution in [0.25, 0.3) is 11.6 Å². The van der Waals surface area contributed by atoms with Gasteiger partial charge in [-0.1, -0.05) is 0 Å². The van der Waals surface area contributed by atoms with Crippen molar-refractivity contribution in [2.45, 2.75) is 32.0 Å². The number of alkyl halides is 3. The Kier molecular flexibility index (Phi) is 2.39. The first kappa shape index (κ1) is 11.2. The summed E-state index contributed by atoms with van der Waals surface area (Å²) in [6.45, 7) is 0.773. The molecule has 96 valence electrons. The van der Waals surface area contributed by atoms with Crippen LogP contribution in [0.3, 0.4) is 0 Å². The van der Waals surface area contributed by atoms with Gasteiger partial charge in [0.15, 0.2) is 0 Å². The lowest BCUT2D eigenvalue weighted by Crippen LogP contribution is -2.10. The van der Waals surface area contributed by atoms with Crippen LogP contribution >= 0.6 is 0 Å². The van der Waals surface area contributed by atoms with Crippen LogP contribution in [0.4, 0.5) is 13.2 Å². The lowest BCUT2D eigenvalue weighted by molar-refractivity contribution is -0.156. The third-order valence-corrected chi connectivity index (χ3v) is 2.80. The van der Waals surface area contributed by atoms with E-state index in [4.69, 9.17) is 0 Å². The first-order chi connectivity index (χ1) is 8.54. The largest absolute Gasteiger partial charge is 0.470 e. The Labute approximate surface area is 99.6 Å². The van der Waals surface area contributed by atoms with Crippen LogP contribution in [0.5, 0.6) is 0 Å². The zero-order valence-corrected chi connectivity index (χ0v) is 9.24. The smallest absolute Gasteiger partial charge is 0.411 e. The molecule has 18 heavy (non-hydrogen) atoms. The van der Waals surface area contributed by atoms with Gasteiger partial charge in [0.2, 0.25) is 0 Å². The van der Waals surface area contributed by atoms with E-state index < -0.39 is 12.1 Å². The molecule has 0 spiro atoms. The van der Waals surface area contributed by atoms with Gasteiger partial charge in [0.05, 0.1) is 0 Å². The summed E-state index contributed by atoms with van der Waals surface area (Å²) in [4.78, 5) is 0. The maximum atomic E-state index is 12.3. The van der Waals surface area contributed by atoms with Gasteiger partial charge in [-0.05, 0) is 25.3 Å². The van der Waals surface area contributed by atoms with E-state index in [9.17, 15) is 13.2 Å². The molecule has 0 fully saturated rings. The number of fused-ring (bicyclic) bond motifs is 1. The molecule has 1 aliphatic rings. The van der Waals surface area contributed by atoms with Gasteiger partial charge in [0, 0.05) is 12.2 Å². The summed E-state index contributed by atoms with van der Waals surface area (Å²) in [5.74, 6) is -1.53. The minimum absolute atomic E-state index is 0.191. The molecule has 2 aromatic heterocycles. The van der Waals surface area contributed by atoms with Crippen molar-refractivity contribution in [3.05, 3.63) is 17.7 Å². The fraction of sp³-hybridized carbons (Fsp3) is 0.500. The summed E-state index contributed by atoms with van der Waals surface area (Å²) in [5, 5.41) is 10.5. The fourth-order valence-electron chi connectivity index (χ4n) is 1.96. The van der Waals surface area contributed by atoms with Crippen molar-refractivity contribution in [3.63, 3.8) is 0 Å². The molecular weight excluding hydrogens is 249 g/mol. The minimum Gasteiger partial charge on any atom is -0.411 e. The van der Waals surface area contributed by atoms with E-state index in [1.807, 2.05) is 0 Å². The van der Waals surface area contributed by atoms with Crippen molar-refractivity contribution < 1.29 is 17.6 Å². The van der Waals surface area contributed by atoms with Crippen LogP contribution < -0.4 is 0 Å². The van der Waals surface area contributed by atoms with Gasteiger partial charge in [-0.15, -0.1) is 10.2 Å². The molecule has 1 aliphatic heterocycles. The van der Waals surface area contributed by atoms with Crippen molar-refractivity contribution in [3.8, 4) is 11.6 Å². The van der Waals surface area contributed by atoms with Crippen molar-refractivity contribution in [1.82, 2.24) is 20.0 Å². The Morgan fingerprint density at radius 3 is 2.72 bits per heavy atom. The zero-order chi connectivity index (χ0) is 12.8. The first-order valence-corrected chi connectivity index (χ1v) is 5.52. The van der Waals surface area contributed by atoms with Crippen LogP contribution in [-0.2, 0) is 19.1 Å². The predicted molar refractivity (Wildman–Crippen MR) is 53.5 cm³/mol. The third kappa shape index (κ3) is 1.87. The molecule has 3 heterocycles. The topological polar surface area (TPSA) is 56.7 Å². The van der Waals surface area contributed by atoms with E-state index in [1.165, 1.54) is 0 Å². The third-order valence-electron chi connectivity index (χ3n) is 2.80. The van der Waals surface area contributed by atoms with E-state index in [1.54, 1.807) is 10.7 Å². The number of rotatable bonds is 1. The van der Waals surface area contributed by atoms with E-state index in [-0.39, 0.29) is 5.89 Å².